The van der Waals surface area contributed by atoms with Crippen LogP contribution >= 0.6 is 0 Å². The molecule has 2 saturated carbocycles. The second-order valence-electron chi connectivity index (χ2n) is 5.27. The van der Waals surface area contributed by atoms with Crippen LogP contribution in [0, 0.1) is 17.7 Å². The monoisotopic (exact) mass is 219 g/mol. The molecule has 3 rings (SSSR count). The van der Waals surface area contributed by atoms with Crippen molar-refractivity contribution in [1.82, 2.24) is 0 Å². The van der Waals surface area contributed by atoms with E-state index < -0.39 is 0 Å². The van der Waals surface area contributed by atoms with E-state index in [9.17, 15) is 4.39 Å². The summed E-state index contributed by atoms with van der Waals surface area (Å²) in [5.41, 5.74) is 1.19. The van der Waals surface area contributed by atoms with Crippen LogP contribution in [0.5, 0.6) is 0 Å². The summed E-state index contributed by atoms with van der Waals surface area (Å²) in [4.78, 5) is 2.45. The third-order valence-electron chi connectivity index (χ3n) is 3.54. The van der Waals surface area contributed by atoms with E-state index in [0.29, 0.717) is 0 Å². The molecule has 2 aliphatic carbocycles. The summed E-state index contributed by atoms with van der Waals surface area (Å²) in [5.74, 6) is 1.65. The van der Waals surface area contributed by atoms with Crippen molar-refractivity contribution in [2.75, 3.05) is 18.0 Å². The predicted molar refractivity (Wildman–Crippen MR) is 64.1 cm³/mol. The number of hydrogen-bond acceptors (Lipinski definition) is 1. The molecule has 2 aliphatic rings. The van der Waals surface area contributed by atoms with Gasteiger partial charge in [-0.15, -0.1) is 0 Å². The van der Waals surface area contributed by atoms with Gasteiger partial charge in [0.15, 0.2) is 0 Å². The minimum atomic E-state index is -0.137. The molecule has 0 heterocycles. The van der Waals surface area contributed by atoms with Gasteiger partial charge in [-0.1, -0.05) is 0 Å². The summed E-state index contributed by atoms with van der Waals surface area (Å²) in [6.07, 6.45) is 5.51. The molecule has 2 heteroatoms. The summed E-state index contributed by atoms with van der Waals surface area (Å²) < 4.78 is 12.9. The zero-order chi connectivity index (χ0) is 11.0. The maximum absolute atomic E-state index is 12.9. The Morgan fingerprint density at radius 2 is 1.44 bits per heavy atom. The van der Waals surface area contributed by atoms with E-state index in [1.165, 1.54) is 44.5 Å². The SMILES string of the molecule is Fc1ccc(N(CC2CC2)CC2CC2)cc1. The molecule has 1 aromatic rings. The molecule has 0 aromatic heterocycles. The molecule has 0 atom stereocenters. The second-order valence-corrected chi connectivity index (χ2v) is 5.27. The van der Waals surface area contributed by atoms with E-state index in [1.807, 2.05) is 12.1 Å². The van der Waals surface area contributed by atoms with E-state index in [1.54, 1.807) is 12.1 Å². The summed E-state index contributed by atoms with van der Waals surface area (Å²) in [7, 11) is 0. The molecular weight excluding hydrogens is 201 g/mol. The summed E-state index contributed by atoms with van der Waals surface area (Å²) in [6.45, 7) is 2.34. The normalized spacial score (nSPS) is 19.8. The van der Waals surface area contributed by atoms with Crippen LogP contribution in [0.25, 0.3) is 0 Å². The Morgan fingerprint density at radius 3 is 1.88 bits per heavy atom. The average molecular weight is 219 g/mol. The number of hydrogen-bond donors (Lipinski definition) is 0. The summed E-state index contributed by atoms with van der Waals surface area (Å²) in [5, 5.41) is 0. The van der Waals surface area contributed by atoms with Crippen molar-refractivity contribution in [3.8, 4) is 0 Å². The van der Waals surface area contributed by atoms with Gasteiger partial charge in [0, 0.05) is 18.8 Å². The van der Waals surface area contributed by atoms with Crippen LogP contribution in [0.2, 0.25) is 0 Å². The lowest BCUT2D eigenvalue weighted by molar-refractivity contribution is 0.626. The maximum Gasteiger partial charge on any atom is 0.123 e. The van der Waals surface area contributed by atoms with Gasteiger partial charge in [-0.3, -0.25) is 0 Å². The minimum absolute atomic E-state index is 0.137. The molecule has 1 nitrogen and oxygen atoms in total. The molecule has 1 aromatic carbocycles. The first-order valence-electron chi connectivity index (χ1n) is 6.32. The molecule has 0 saturated heterocycles. The zero-order valence-corrected chi connectivity index (χ0v) is 9.53. The number of benzene rings is 1. The van der Waals surface area contributed by atoms with Crippen molar-refractivity contribution in [3.63, 3.8) is 0 Å². The molecule has 16 heavy (non-hydrogen) atoms. The predicted octanol–water partition coefficient (Wildman–Crippen LogP) is 3.45. The Hall–Kier alpha value is -1.05. The maximum atomic E-state index is 12.9. The second kappa shape index (κ2) is 4.08. The van der Waals surface area contributed by atoms with Gasteiger partial charge in [0.05, 0.1) is 0 Å². The van der Waals surface area contributed by atoms with Gasteiger partial charge >= 0.3 is 0 Å². The van der Waals surface area contributed by atoms with E-state index >= 15 is 0 Å². The van der Waals surface area contributed by atoms with Gasteiger partial charge in [0.2, 0.25) is 0 Å². The number of anilines is 1. The van der Waals surface area contributed by atoms with Crippen molar-refractivity contribution < 1.29 is 4.39 Å². The average Bonchev–Trinajstić information content (AvgIpc) is 3.12. The molecule has 0 bridgehead atoms. The number of halogens is 1. The van der Waals surface area contributed by atoms with Crippen LogP contribution in [-0.2, 0) is 0 Å². The number of rotatable bonds is 5. The lowest BCUT2D eigenvalue weighted by atomic mass is 10.2. The van der Waals surface area contributed by atoms with Gasteiger partial charge in [-0.05, 0) is 61.8 Å². The largest absolute Gasteiger partial charge is 0.371 e. The Balaban J connectivity index is 1.71. The first-order valence-corrected chi connectivity index (χ1v) is 6.32. The Bertz CT molecular complexity index is 338. The smallest absolute Gasteiger partial charge is 0.123 e. The number of nitrogens with zero attached hydrogens (tertiary/aromatic N) is 1. The van der Waals surface area contributed by atoms with Crippen LogP contribution in [-0.4, -0.2) is 13.1 Å². The van der Waals surface area contributed by atoms with Crippen LogP contribution in [0.4, 0.5) is 10.1 Å². The molecule has 0 amide bonds. The molecule has 0 radical (unpaired) electrons. The molecule has 0 unspecified atom stereocenters. The molecule has 0 N–H and O–H groups in total. The van der Waals surface area contributed by atoms with Crippen LogP contribution in [0.15, 0.2) is 24.3 Å². The first kappa shape index (κ1) is 10.1. The third kappa shape index (κ3) is 2.55. The van der Waals surface area contributed by atoms with E-state index in [0.717, 1.165) is 11.8 Å². The highest BCUT2D eigenvalue weighted by Gasteiger charge is 2.29. The van der Waals surface area contributed by atoms with Crippen LogP contribution in [0.3, 0.4) is 0 Å². The van der Waals surface area contributed by atoms with Gasteiger partial charge in [-0.2, -0.15) is 0 Å². The Kier molecular flexibility index (Phi) is 2.58. The van der Waals surface area contributed by atoms with Crippen molar-refractivity contribution in [2.45, 2.75) is 25.7 Å². The van der Waals surface area contributed by atoms with Gasteiger partial charge < -0.3 is 4.90 Å². The lowest BCUT2D eigenvalue weighted by Crippen LogP contribution is -2.27. The molecule has 0 aliphatic heterocycles. The highest BCUT2D eigenvalue weighted by molar-refractivity contribution is 5.46. The third-order valence-corrected chi connectivity index (χ3v) is 3.54. The molecule has 0 spiro atoms. The zero-order valence-electron chi connectivity index (χ0n) is 9.53. The highest BCUT2D eigenvalue weighted by atomic mass is 19.1. The standard InChI is InChI=1S/C14H18FN/c15-13-5-7-14(8-6-13)16(9-11-1-2-11)10-12-3-4-12/h5-8,11-12H,1-4,9-10H2. The van der Waals surface area contributed by atoms with Gasteiger partial charge in [-0.25, -0.2) is 4.39 Å². The summed E-state index contributed by atoms with van der Waals surface area (Å²) >= 11 is 0. The Morgan fingerprint density at radius 1 is 0.938 bits per heavy atom. The molecular formula is C14H18FN. The summed E-state index contributed by atoms with van der Waals surface area (Å²) in [6, 6.07) is 6.98. The highest BCUT2D eigenvalue weighted by Crippen LogP contribution is 2.35. The quantitative estimate of drug-likeness (QED) is 0.733. The van der Waals surface area contributed by atoms with Crippen molar-refractivity contribution in [1.29, 1.82) is 0 Å². The van der Waals surface area contributed by atoms with E-state index in [2.05, 4.69) is 4.90 Å². The topological polar surface area (TPSA) is 3.24 Å². The van der Waals surface area contributed by atoms with Crippen molar-refractivity contribution in [3.05, 3.63) is 30.1 Å². The van der Waals surface area contributed by atoms with Crippen LogP contribution in [0.1, 0.15) is 25.7 Å². The van der Waals surface area contributed by atoms with E-state index in [-0.39, 0.29) is 5.82 Å². The Labute approximate surface area is 96.3 Å². The van der Waals surface area contributed by atoms with E-state index in [4.69, 9.17) is 0 Å². The molecule has 2 fully saturated rings. The fraction of sp³-hybridized carbons (Fsp3) is 0.571. The van der Waals surface area contributed by atoms with Crippen LogP contribution < -0.4 is 4.90 Å². The fourth-order valence-electron chi connectivity index (χ4n) is 2.16. The van der Waals surface area contributed by atoms with Crippen molar-refractivity contribution in [2.24, 2.45) is 11.8 Å². The fourth-order valence-corrected chi connectivity index (χ4v) is 2.16. The van der Waals surface area contributed by atoms with Crippen molar-refractivity contribution >= 4 is 5.69 Å². The lowest BCUT2D eigenvalue weighted by Gasteiger charge is -2.24. The minimum Gasteiger partial charge on any atom is -0.371 e. The molecule has 86 valence electrons. The first-order chi connectivity index (χ1) is 7.81. The van der Waals surface area contributed by atoms with Gasteiger partial charge in [0.1, 0.15) is 5.82 Å². The van der Waals surface area contributed by atoms with Gasteiger partial charge in [0.25, 0.3) is 0 Å².